The van der Waals surface area contributed by atoms with Gasteiger partial charge in [-0.15, -0.1) is 5.10 Å². The zero-order valence-electron chi connectivity index (χ0n) is 10.4. The van der Waals surface area contributed by atoms with Gasteiger partial charge >= 0.3 is 5.96 Å². The molecule has 0 spiro atoms. The van der Waals surface area contributed by atoms with Crippen LogP contribution in [0.1, 0.15) is 26.3 Å². The molecule has 0 atom stereocenters. The van der Waals surface area contributed by atoms with Gasteiger partial charge in [0.2, 0.25) is 0 Å². The van der Waals surface area contributed by atoms with Crippen molar-refractivity contribution >= 4 is 11.7 Å². The number of ether oxygens (including phenoxy) is 1. The van der Waals surface area contributed by atoms with Crippen molar-refractivity contribution in [2.75, 3.05) is 0 Å². The first-order valence-electron chi connectivity index (χ1n) is 5.44. The Bertz CT molecular complexity index is 417. The average Bonchev–Trinajstić information content (AvgIpc) is 2.26. The molecule has 0 radical (unpaired) electrons. The molecule has 1 aromatic rings. The lowest BCUT2D eigenvalue weighted by atomic mass is 10.1. The van der Waals surface area contributed by atoms with Crippen LogP contribution in [0.25, 0.3) is 0 Å². The molecule has 0 saturated heterocycles. The maximum Gasteiger partial charge on any atom is 0.362 e. The van der Waals surface area contributed by atoms with Crippen LogP contribution >= 0.6 is 0 Å². The predicted octanol–water partition coefficient (Wildman–Crippen LogP) is -0.448. The summed E-state index contributed by atoms with van der Waals surface area (Å²) < 4.78 is 5.55. The Morgan fingerprint density at radius 2 is 1.82 bits per heavy atom. The lowest BCUT2D eigenvalue weighted by molar-refractivity contribution is -0.464. The summed E-state index contributed by atoms with van der Waals surface area (Å²) in [6.45, 7) is 5.85. The molecule has 1 aromatic carbocycles. The highest BCUT2D eigenvalue weighted by atomic mass is 16.5. The minimum absolute atomic E-state index is 0.0733. The SMILES string of the molecule is C/C(=N/[NH+]=C(N)N)c1ccc(OC(C)C)cc1. The third-order valence-electron chi connectivity index (χ3n) is 2.00. The fourth-order valence-electron chi connectivity index (χ4n) is 1.26. The first-order valence-corrected chi connectivity index (χ1v) is 5.44. The van der Waals surface area contributed by atoms with E-state index < -0.39 is 0 Å². The number of nitrogens with zero attached hydrogens (tertiary/aromatic N) is 1. The molecule has 0 fully saturated rings. The second-order valence-corrected chi connectivity index (χ2v) is 3.96. The van der Waals surface area contributed by atoms with Gasteiger partial charge in [-0.3, -0.25) is 11.5 Å². The van der Waals surface area contributed by atoms with Gasteiger partial charge in [0.05, 0.1) is 11.8 Å². The molecule has 0 aliphatic rings. The standard InChI is InChI=1S/C12H18N4O/c1-8(2)17-11-6-4-10(5-7-11)9(3)15-16-12(13)14/h4-8H,1-3H3,(H4,13,14,16)/p+1/b15-9-. The van der Waals surface area contributed by atoms with E-state index in [4.69, 9.17) is 16.2 Å². The number of nitrogens with one attached hydrogen (secondary N) is 1. The second kappa shape index (κ2) is 5.89. The van der Waals surface area contributed by atoms with Gasteiger partial charge in [-0.1, -0.05) is 0 Å². The number of nitrogens with two attached hydrogens (primary N) is 2. The van der Waals surface area contributed by atoms with E-state index in [0.29, 0.717) is 0 Å². The molecule has 1 rings (SSSR count). The summed E-state index contributed by atoms with van der Waals surface area (Å²) in [4.78, 5) is 0. The molecular weight excluding hydrogens is 216 g/mol. The Labute approximate surface area is 101 Å². The first kappa shape index (κ1) is 13.0. The summed E-state index contributed by atoms with van der Waals surface area (Å²) in [5.41, 5.74) is 12.3. The van der Waals surface area contributed by atoms with Crippen molar-refractivity contribution in [2.24, 2.45) is 16.6 Å². The molecule has 0 aliphatic heterocycles. The maximum atomic E-state index is 5.55. The van der Waals surface area contributed by atoms with Crippen LogP contribution in [0.5, 0.6) is 5.75 Å². The van der Waals surface area contributed by atoms with Crippen LogP contribution in [0.4, 0.5) is 0 Å². The first-order chi connectivity index (χ1) is 7.99. The van der Waals surface area contributed by atoms with Crippen LogP contribution in [-0.2, 0) is 0 Å². The summed E-state index contributed by atoms with van der Waals surface area (Å²) in [5, 5.41) is 6.54. The minimum atomic E-state index is 0.0733. The quantitative estimate of drug-likeness (QED) is 0.375. The van der Waals surface area contributed by atoms with Crippen molar-refractivity contribution in [1.29, 1.82) is 0 Å². The van der Waals surface area contributed by atoms with Gasteiger partial charge in [-0.2, -0.15) is 5.10 Å². The largest absolute Gasteiger partial charge is 0.491 e. The van der Waals surface area contributed by atoms with Gasteiger partial charge < -0.3 is 4.74 Å². The highest BCUT2D eigenvalue weighted by Gasteiger charge is 2.00. The second-order valence-electron chi connectivity index (χ2n) is 3.96. The zero-order chi connectivity index (χ0) is 12.8. The van der Waals surface area contributed by atoms with Gasteiger partial charge in [0, 0.05) is 0 Å². The summed E-state index contributed by atoms with van der Waals surface area (Å²) >= 11 is 0. The number of benzene rings is 1. The third-order valence-corrected chi connectivity index (χ3v) is 2.00. The van der Waals surface area contributed by atoms with Crippen molar-refractivity contribution in [3.63, 3.8) is 0 Å². The Balaban J connectivity index is 2.80. The lowest BCUT2D eigenvalue weighted by Crippen LogP contribution is -2.72. The number of hydrazone groups is 1. The van der Waals surface area contributed by atoms with Gasteiger partial charge in [-0.05, 0) is 50.6 Å². The van der Waals surface area contributed by atoms with Crippen LogP contribution in [0, 0.1) is 0 Å². The molecule has 0 aliphatic carbocycles. The van der Waals surface area contributed by atoms with E-state index in [9.17, 15) is 0 Å². The molecule has 0 amide bonds. The normalized spacial score (nSPS) is 11.4. The van der Waals surface area contributed by atoms with E-state index in [2.05, 4.69) is 10.2 Å². The molecule has 5 heteroatoms. The zero-order valence-corrected chi connectivity index (χ0v) is 10.4. The van der Waals surface area contributed by atoms with Gasteiger partial charge in [0.15, 0.2) is 0 Å². The van der Waals surface area contributed by atoms with Crippen LogP contribution in [0.2, 0.25) is 0 Å². The molecule has 5 nitrogen and oxygen atoms in total. The highest BCUT2D eigenvalue weighted by molar-refractivity contribution is 5.98. The molecule has 5 N–H and O–H groups in total. The van der Waals surface area contributed by atoms with E-state index in [1.165, 1.54) is 0 Å². The Morgan fingerprint density at radius 3 is 2.29 bits per heavy atom. The Morgan fingerprint density at radius 1 is 1.24 bits per heavy atom. The van der Waals surface area contributed by atoms with Crippen LogP contribution < -0.4 is 21.3 Å². The van der Waals surface area contributed by atoms with E-state index in [-0.39, 0.29) is 12.1 Å². The summed E-state index contributed by atoms with van der Waals surface area (Å²) in [6.07, 6.45) is 0.170. The van der Waals surface area contributed by atoms with Crippen molar-refractivity contribution in [2.45, 2.75) is 26.9 Å². The highest BCUT2D eigenvalue weighted by Crippen LogP contribution is 2.14. The molecule has 0 unspecified atom stereocenters. The number of hydrogen-bond donors (Lipinski definition) is 3. The van der Waals surface area contributed by atoms with Crippen LogP contribution in [-0.4, -0.2) is 17.8 Å². The van der Waals surface area contributed by atoms with Crippen LogP contribution in [0.15, 0.2) is 29.4 Å². The molecule has 0 heterocycles. The lowest BCUT2D eigenvalue weighted by Gasteiger charge is -2.09. The Kier molecular flexibility index (Phi) is 4.51. The fourth-order valence-corrected chi connectivity index (χ4v) is 1.26. The maximum absolute atomic E-state index is 5.55. The molecule has 17 heavy (non-hydrogen) atoms. The van der Waals surface area contributed by atoms with E-state index in [0.717, 1.165) is 17.0 Å². The van der Waals surface area contributed by atoms with Gasteiger partial charge in [0.25, 0.3) is 0 Å². The topological polar surface area (TPSA) is 87.6 Å². The number of hydrogen-bond acceptors (Lipinski definition) is 2. The summed E-state index contributed by atoms with van der Waals surface area (Å²) in [7, 11) is 0. The summed E-state index contributed by atoms with van der Waals surface area (Å²) in [6, 6.07) is 7.68. The van der Waals surface area contributed by atoms with Crippen molar-refractivity contribution in [3.05, 3.63) is 29.8 Å². The fraction of sp³-hybridized carbons (Fsp3) is 0.333. The minimum Gasteiger partial charge on any atom is -0.491 e. The third kappa shape index (κ3) is 4.55. The summed E-state index contributed by atoms with van der Waals surface area (Å²) in [5.74, 6) is 0.915. The van der Waals surface area contributed by atoms with Crippen molar-refractivity contribution < 1.29 is 9.84 Å². The van der Waals surface area contributed by atoms with E-state index in [1.807, 2.05) is 45.0 Å². The van der Waals surface area contributed by atoms with Crippen molar-refractivity contribution in [1.82, 2.24) is 0 Å². The van der Waals surface area contributed by atoms with Crippen molar-refractivity contribution in [3.8, 4) is 5.75 Å². The molecule has 0 aromatic heterocycles. The van der Waals surface area contributed by atoms with Gasteiger partial charge in [-0.25, -0.2) is 0 Å². The number of guanidine groups is 1. The van der Waals surface area contributed by atoms with Gasteiger partial charge in [0.1, 0.15) is 5.75 Å². The average molecular weight is 235 g/mol. The number of rotatable bonds is 4. The Hall–Kier alpha value is -2.04. The molecule has 0 bridgehead atoms. The smallest absolute Gasteiger partial charge is 0.362 e. The van der Waals surface area contributed by atoms with Crippen LogP contribution in [0.3, 0.4) is 0 Å². The monoisotopic (exact) mass is 235 g/mol. The van der Waals surface area contributed by atoms with E-state index in [1.54, 1.807) is 0 Å². The molecular formula is C12H19N4O+. The molecule has 0 saturated carbocycles. The predicted molar refractivity (Wildman–Crippen MR) is 68.8 cm³/mol. The molecule has 92 valence electrons. The van der Waals surface area contributed by atoms with E-state index >= 15 is 0 Å².